The maximum absolute atomic E-state index is 13.0. The van der Waals surface area contributed by atoms with Gasteiger partial charge in [-0.2, -0.15) is 0 Å². The molecule has 2 amide bonds. The lowest BCUT2D eigenvalue weighted by molar-refractivity contribution is -0.166. The highest BCUT2D eigenvalue weighted by molar-refractivity contribution is 5.95. The highest BCUT2D eigenvalue weighted by Crippen LogP contribution is 2.23. The molecule has 0 saturated heterocycles. The summed E-state index contributed by atoms with van der Waals surface area (Å²) in [5.74, 6) is -2.92. The van der Waals surface area contributed by atoms with Gasteiger partial charge < -0.3 is 30.6 Å². The van der Waals surface area contributed by atoms with Gasteiger partial charge in [0.1, 0.15) is 11.7 Å². The Morgan fingerprint density at radius 3 is 2.18 bits per heavy atom. The van der Waals surface area contributed by atoms with Gasteiger partial charge in [0.15, 0.2) is 11.9 Å². The smallest absolute Gasteiger partial charge is 0.337 e. The molecule has 4 rings (SSSR count). The predicted octanol–water partition coefficient (Wildman–Crippen LogP) is 1.23. The van der Waals surface area contributed by atoms with Crippen LogP contribution in [0.2, 0.25) is 0 Å². The van der Waals surface area contributed by atoms with Crippen LogP contribution >= 0.6 is 0 Å². The Balaban J connectivity index is 1.38. The van der Waals surface area contributed by atoms with E-state index in [4.69, 9.17) is 4.74 Å². The standard InChI is InChI=1S/C28H30N4O7/c33-20-13-7-8-14-22(20)39-28(38)21(34)16-30-27(37)24-29-15-19(26(36)32-24)25(35)31-23(17-9-3-1-4-10-17)18-11-5-2-6-12-18/h1-6,9-12,15,20-23,33-34H,7-8,13-14,16H2,(H,30,37)(H,31,35)(H,29,32,36)/t20-,21?,22?/m1/s1. The third-order valence-electron chi connectivity index (χ3n) is 6.46. The molecule has 2 aromatic carbocycles. The summed E-state index contributed by atoms with van der Waals surface area (Å²) in [5.41, 5.74) is 0.497. The van der Waals surface area contributed by atoms with Crippen LogP contribution in [-0.2, 0) is 9.53 Å². The van der Waals surface area contributed by atoms with Gasteiger partial charge in [0.2, 0.25) is 0 Å². The Morgan fingerprint density at radius 1 is 0.974 bits per heavy atom. The van der Waals surface area contributed by atoms with Crippen molar-refractivity contribution in [3.05, 3.63) is 99.7 Å². The van der Waals surface area contributed by atoms with E-state index in [0.717, 1.165) is 30.2 Å². The van der Waals surface area contributed by atoms with Gasteiger partial charge in [-0.05, 0) is 30.4 Å². The number of aromatic nitrogens is 2. The lowest BCUT2D eigenvalue weighted by atomic mass is 9.95. The largest absolute Gasteiger partial charge is 0.458 e. The quantitative estimate of drug-likeness (QED) is 0.255. The zero-order valence-corrected chi connectivity index (χ0v) is 21.1. The number of rotatable bonds is 9. The lowest BCUT2D eigenvalue weighted by Gasteiger charge is -2.28. The van der Waals surface area contributed by atoms with Gasteiger partial charge in [-0.15, -0.1) is 0 Å². The predicted molar refractivity (Wildman–Crippen MR) is 140 cm³/mol. The van der Waals surface area contributed by atoms with E-state index >= 15 is 0 Å². The van der Waals surface area contributed by atoms with Crippen LogP contribution in [-0.4, -0.2) is 62.8 Å². The summed E-state index contributed by atoms with van der Waals surface area (Å²) >= 11 is 0. The first-order valence-corrected chi connectivity index (χ1v) is 12.7. The molecule has 3 aromatic rings. The van der Waals surface area contributed by atoms with Crippen molar-refractivity contribution in [2.75, 3.05) is 6.54 Å². The molecule has 2 unspecified atom stereocenters. The summed E-state index contributed by atoms with van der Waals surface area (Å²) in [6, 6.07) is 18.0. The molecule has 1 heterocycles. The molecule has 1 fully saturated rings. The number of carbonyl (C=O) groups is 3. The van der Waals surface area contributed by atoms with Crippen LogP contribution in [0.15, 0.2) is 71.7 Å². The number of hydrogen-bond donors (Lipinski definition) is 5. The van der Waals surface area contributed by atoms with Gasteiger partial charge in [-0.25, -0.2) is 9.78 Å². The number of aromatic amines is 1. The van der Waals surface area contributed by atoms with E-state index in [1.165, 1.54) is 0 Å². The number of benzene rings is 2. The van der Waals surface area contributed by atoms with Crippen LogP contribution in [0.1, 0.15) is 63.8 Å². The summed E-state index contributed by atoms with van der Waals surface area (Å²) < 4.78 is 5.15. The van der Waals surface area contributed by atoms with Gasteiger partial charge in [0.25, 0.3) is 17.4 Å². The Bertz CT molecular complexity index is 1310. The molecule has 0 spiro atoms. The fourth-order valence-corrected chi connectivity index (χ4v) is 4.33. The molecular weight excluding hydrogens is 504 g/mol. The fourth-order valence-electron chi connectivity index (χ4n) is 4.33. The van der Waals surface area contributed by atoms with Crippen molar-refractivity contribution in [1.29, 1.82) is 0 Å². The summed E-state index contributed by atoms with van der Waals surface area (Å²) in [6.07, 6.45) is 0.472. The molecule has 11 nitrogen and oxygen atoms in total. The number of hydrogen-bond acceptors (Lipinski definition) is 8. The molecule has 0 aliphatic heterocycles. The van der Waals surface area contributed by atoms with E-state index in [2.05, 4.69) is 20.6 Å². The molecule has 204 valence electrons. The van der Waals surface area contributed by atoms with Crippen molar-refractivity contribution in [1.82, 2.24) is 20.6 Å². The minimum Gasteiger partial charge on any atom is -0.458 e. The van der Waals surface area contributed by atoms with Crippen LogP contribution in [0.3, 0.4) is 0 Å². The zero-order chi connectivity index (χ0) is 27.8. The number of nitrogens with one attached hydrogen (secondary N) is 3. The minimum atomic E-state index is -1.67. The van der Waals surface area contributed by atoms with E-state index in [-0.39, 0.29) is 5.56 Å². The summed E-state index contributed by atoms with van der Waals surface area (Å²) in [4.78, 5) is 56.4. The number of amides is 2. The van der Waals surface area contributed by atoms with E-state index < -0.39 is 60.1 Å². The third-order valence-corrected chi connectivity index (χ3v) is 6.46. The molecule has 0 radical (unpaired) electrons. The van der Waals surface area contributed by atoms with Crippen LogP contribution in [0, 0.1) is 0 Å². The van der Waals surface area contributed by atoms with Crippen molar-refractivity contribution < 1.29 is 29.3 Å². The zero-order valence-electron chi connectivity index (χ0n) is 21.1. The summed E-state index contributed by atoms with van der Waals surface area (Å²) in [6.45, 7) is -0.498. The molecule has 1 aromatic heterocycles. The molecule has 39 heavy (non-hydrogen) atoms. The van der Waals surface area contributed by atoms with Crippen molar-refractivity contribution in [3.8, 4) is 0 Å². The summed E-state index contributed by atoms with van der Waals surface area (Å²) in [7, 11) is 0. The first-order valence-electron chi connectivity index (χ1n) is 12.7. The Hall–Kier alpha value is -4.35. The average Bonchev–Trinajstić information content (AvgIpc) is 2.96. The number of carbonyl (C=O) groups excluding carboxylic acids is 3. The maximum atomic E-state index is 13.0. The topological polar surface area (TPSA) is 171 Å². The van der Waals surface area contributed by atoms with Gasteiger partial charge >= 0.3 is 5.97 Å². The number of aliphatic hydroxyl groups excluding tert-OH is 2. The molecule has 0 bridgehead atoms. The average molecular weight is 535 g/mol. The maximum Gasteiger partial charge on any atom is 0.337 e. The highest BCUT2D eigenvalue weighted by Gasteiger charge is 2.29. The lowest BCUT2D eigenvalue weighted by Crippen LogP contribution is -2.42. The molecule has 11 heteroatoms. The second kappa shape index (κ2) is 12.9. The van der Waals surface area contributed by atoms with Gasteiger partial charge in [-0.1, -0.05) is 67.1 Å². The van der Waals surface area contributed by atoms with Crippen molar-refractivity contribution >= 4 is 17.8 Å². The van der Waals surface area contributed by atoms with Crippen molar-refractivity contribution in [2.24, 2.45) is 0 Å². The Morgan fingerprint density at radius 2 is 1.59 bits per heavy atom. The van der Waals surface area contributed by atoms with Gasteiger partial charge in [0, 0.05) is 6.20 Å². The molecule has 5 N–H and O–H groups in total. The minimum absolute atomic E-state index is 0.293. The Kier molecular flexibility index (Phi) is 9.18. The number of H-pyrrole nitrogens is 1. The normalized spacial score (nSPS) is 17.7. The van der Waals surface area contributed by atoms with Crippen LogP contribution in [0.5, 0.6) is 0 Å². The van der Waals surface area contributed by atoms with Crippen LogP contribution in [0.25, 0.3) is 0 Å². The fraction of sp³-hybridized carbons (Fsp3) is 0.321. The number of aliphatic hydroxyl groups is 2. The summed E-state index contributed by atoms with van der Waals surface area (Å²) in [5, 5.41) is 25.1. The molecule has 1 saturated carbocycles. The number of ether oxygens (including phenoxy) is 1. The first kappa shape index (κ1) is 27.7. The molecule has 1 aliphatic rings. The number of esters is 1. The van der Waals surface area contributed by atoms with E-state index in [9.17, 15) is 29.4 Å². The third kappa shape index (κ3) is 7.15. The Labute approximate surface area is 224 Å². The SMILES string of the molecule is O=C(NCC(O)C(=O)OC1CCCC[C@H]1O)c1ncc(C(=O)NC(c2ccccc2)c2ccccc2)c(=O)[nH]1. The van der Waals surface area contributed by atoms with Gasteiger partial charge in [0.05, 0.1) is 18.7 Å². The molecule has 1 aliphatic carbocycles. The van der Waals surface area contributed by atoms with Gasteiger partial charge in [-0.3, -0.25) is 14.4 Å². The van der Waals surface area contributed by atoms with Crippen LogP contribution < -0.4 is 16.2 Å². The van der Waals surface area contributed by atoms with E-state index in [0.29, 0.717) is 12.8 Å². The van der Waals surface area contributed by atoms with Crippen molar-refractivity contribution in [2.45, 2.75) is 50.0 Å². The van der Waals surface area contributed by atoms with Crippen LogP contribution in [0.4, 0.5) is 0 Å². The van der Waals surface area contributed by atoms with E-state index in [1.807, 2.05) is 60.7 Å². The molecular formula is C28H30N4O7. The monoisotopic (exact) mass is 534 g/mol. The highest BCUT2D eigenvalue weighted by atomic mass is 16.6. The second-order valence-corrected chi connectivity index (χ2v) is 9.26. The second-order valence-electron chi connectivity index (χ2n) is 9.26. The molecule has 3 atom stereocenters. The van der Waals surface area contributed by atoms with Crippen molar-refractivity contribution in [3.63, 3.8) is 0 Å². The van der Waals surface area contributed by atoms with E-state index in [1.54, 1.807) is 0 Å². The first-order chi connectivity index (χ1) is 18.8. The number of nitrogens with zero attached hydrogens (tertiary/aromatic N) is 1.